The molecule has 3 nitrogen and oxygen atoms in total. The third-order valence-corrected chi connectivity index (χ3v) is 4.41. The molecule has 0 aliphatic rings. The van der Waals surface area contributed by atoms with Crippen LogP contribution in [0.2, 0.25) is 0 Å². The molecule has 0 unspecified atom stereocenters. The number of benzene rings is 1. The number of carbonyl (C=O) groups is 1. The Kier molecular flexibility index (Phi) is 4.49. The van der Waals surface area contributed by atoms with Crippen LogP contribution in [0.15, 0.2) is 50.4 Å². The first kappa shape index (κ1) is 13.2. The second kappa shape index (κ2) is 6.11. The van der Waals surface area contributed by atoms with E-state index in [2.05, 4.69) is 20.7 Å². The van der Waals surface area contributed by atoms with Gasteiger partial charge < -0.3 is 9.15 Å². The Hall–Kier alpha value is -1.20. The molecule has 94 valence electrons. The van der Waals surface area contributed by atoms with Gasteiger partial charge in [-0.05, 0) is 34.1 Å². The van der Waals surface area contributed by atoms with E-state index in [-0.39, 0.29) is 5.76 Å². The fraction of sp³-hybridized carbons (Fsp3) is 0.154. The number of methoxy groups -OCH3 is 1. The van der Waals surface area contributed by atoms with Crippen molar-refractivity contribution < 1.29 is 13.9 Å². The van der Waals surface area contributed by atoms with Crippen molar-refractivity contribution in [1.29, 1.82) is 0 Å². The van der Waals surface area contributed by atoms with Crippen LogP contribution in [0.5, 0.6) is 0 Å². The SMILES string of the molecule is COC(=O)c1occc1CSc1ccccc1Br. The standard InChI is InChI=1S/C13H11BrO3S/c1-16-13(15)12-9(6-7-17-12)8-18-11-5-3-2-4-10(11)14/h2-7H,8H2,1H3. The summed E-state index contributed by atoms with van der Waals surface area (Å²) in [6.07, 6.45) is 1.50. The molecule has 5 heteroatoms. The summed E-state index contributed by atoms with van der Waals surface area (Å²) in [5.41, 5.74) is 0.836. The summed E-state index contributed by atoms with van der Waals surface area (Å²) < 4.78 is 10.8. The van der Waals surface area contributed by atoms with Crippen LogP contribution in [-0.2, 0) is 10.5 Å². The Balaban J connectivity index is 2.09. The number of thioether (sulfide) groups is 1. The molecule has 18 heavy (non-hydrogen) atoms. The predicted molar refractivity (Wildman–Crippen MR) is 73.8 cm³/mol. The number of ether oxygens (including phenoxy) is 1. The minimum absolute atomic E-state index is 0.275. The zero-order chi connectivity index (χ0) is 13.0. The van der Waals surface area contributed by atoms with Crippen molar-refractivity contribution in [3.63, 3.8) is 0 Å². The summed E-state index contributed by atoms with van der Waals surface area (Å²) in [5.74, 6) is 0.489. The molecule has 2 aromatic rings. The van der Waals surface area contributed by atoms with Crippen molar-refractivity contribution in [1.82, 2.24) is 0 Å². The molecule has 0 amide bonds. The van der Waals surface area contributed by atoms with Crippen molar-refractivity contribution in [2.75, 3.05) is 7.11 Å². The van der Waals surface area contributed by atoms with E-state index in [1.54, 1.807) is 17.8 Å². The zero-order valence-corrected chi connectivity index (χ0v) is 12.1. The molecule has 0 N–H and O–H groups in total. The first-order valence-electron chi connectivity index (χ1n) is 5.24. The van der Waals surface area contributed by atoms with Crippen LogP contribution in [0.3, 0.4) is 0 Å². The number of carbonyl (C=O) groups excluding carboxylic acids is 1. The van der Waals surface area contributed by atoms with Gasteiger partial charge in [-0.2, -0.15) is 0 Å². The molecular formula is C13H11BrO3S. The molecule has 0 aliphatic carbocycles. The zero-order valence-electron chi connectivity index (χ0n) is 9.68. The number of furan rings is 1. The van der Waals surface area contributed by atoms with E-state index in [1.807, 2.05) is 24.3 Å². The minimum Gasteiger partial charge on any atom is -0.463 e. The van der Waals surface area contributed by atoms with Crippen LogP contribution >= 0.6 is 27.7 Å². The molecule has 0 fully saturated rings. The highest BCUT2D eigenvalue weighted by Gasteiger charge is 2.15. The second-order valence-electron chi connectivity index (χ2n) is 3.49. The number of hydrogen-bond acceptors (Lipinski definition) is 4. The van der Waals surface area contributed by atoms with Crippen molar-refractivity contribution in [2.45, 2.75) is 10.6 Å². The highest BCUT2D eigenvalue weighted by atomic mass is 79.9. The van der Waals surface area contributed by atoms with Crippen molar-refractivity contribution in [3.05, 3.63) is 52.4 Å². The van der Waals surface area contributed by atoms with Crippen LogP contribution in [0.4, 0.5) is 0 Å². The Morgan fingerprint density at radius 2 is 2.17 bits per heavy atom. The highest BCUT2D eigenvalue weighted by Crippen LogP contribution is 2.30. The number of hydrogen-bond donors (Lipinski definition) is 0. The summed E-state index contributed by atoms with van der Waals surface area (Å²) in [6.45, 7) is 0. The van der Waals surface area contributed by atoms with Gasteiger partial charge in [0, 0.05) is 20.7 Å². The maximum atomic E-state index is 11.4. The Bertz CT molecular complexity index is 551. The van der Waals surface area contributed by atoms with E-state index in [0.29, 0.717) is 5.75 Å². The molecule has 2 rings (SSSR count). The van der Waals surface area contributed by atoms with E-state index in [1.165, 1.54) is 13.4 Å². The van der Waals surface area contributed by atoms with E-state index in [0.717, 1.165) is 14.9 Å². The second-order valence-corrected chi connectivity index (χ2v) is 5.36. The fourth-order valence-corrected chi connectivity index (χ4v) is 2.99. The van der Waals surface area contributed by atoms with Crippen molar-refractivity contribution in [3.8, 4) is 0 Å². The fourth-order valence-electron chi connectivity index (χ4n) is 1.44. The topological polar surface area (TPSA) is 39.4 Å². The smallest absolute Gasteiger partial charge is 0.374 e. The van der Waals surface area contributed by atoms with E-state index < -0.39 is 5.97 Å². The molecule has 0 saturated heterocycles. The van der Waals surface area contributed by atoms with Gasteiger partial charge >= 0.3 is 5.97 Å². The summed E-state index contributed by atoms with van der Waals surface area (Å²) in [5, 5.41) is 0. The van der Waals surface area contributed by atoms with Crippen LogP contribution in [-0.4, -0.2) is 13.1 Å². The molecular weight excluding hydrogens is 316 g/mol. The van der Waals surface area contributed by atoms with E-state index in [9.17, 15) is 4.79 Å². The van der Waals surface area contributed by atoms with Gasteiger partial charge in [0.2, 0.25) is 5.76 Å². The van der Waals surface area contributed by atoms with Crippen LogP contribution in [0.25, 0.3) is 0 Å². The van der Waals surface area contributed by atoms with Gasteiger partial charge in [0.1, 0.15) is 0 Å². The van der Waals surface area contributed by atoms with Gasteiger partial charge in [-0.25, -0.2) is 4.79 Å². The molecule has 0 bridgehead atoms. The summed E-state index contributed by atoms with van der Waals surface area (Å²) >= 11 is 5.12. The summed E-state index contributed by atoms with van der Waals surface area (Å²) in [6, 6.07) is 9.73. The summed E-state index contributed by atoms with van der Waals surface area (Å²) in [4.78, 5) is 12.6. The Morgan fingerprint density at radius 3 is 2.89 bits per heavy atom. The van der Waals surface area contributed by atoms with Gasteiger partial charge in [-0.15, -0.1) is 11.8 Å². The van der Waals surface area contributed by atoms with Gasteiger partial charge in [0.15, 0.2) is 0 Å². The largest absolute Gasteiger partial charge is 0.463 e. The van der Waals surface area contributed by atoms with E-state index >= 15 is 0 Å². The molecule has 1 aromatic carbocycles. The average molecular weight is 327 g/mol. The lowest BCUT2D eigenvalue weighted by atomic mass is 10.3. The number of halogens is 1. The van der Waals surface area contributed by atoms with Crippen molar-refractivity contribution >= 4 is 33.7 Å². The maximum absolute atomic E-state index is 11.4. The Labute approximate surface area is 118 Å². The molecule has 1 heterocycles. The number of esters is 1. The Morgan fingerprint density at radius 1 is 1.39 bits per heavy atom. The molecule has 0 spiro atoms. The quantitative estimate of drug-likeness (QED) is 0.625. The lowest BCUT2D eigenvalue weighted by Gasteiger charge is -2.03. The predicted octanol–water partition coefficient (Wildman–Crippen LogP) is 4.12. The lowest BCUT2D eigenvalue weighted by Crippen LogP contribution is -2.02. The molecule has 0 radical (unpaired) electrons. The van der Waals surface area contributed by atoms with Gasteiger partial charge in [-0.3, -0.25) is 0 Å². The summed E-state index contributed by atoms with van der Waals surface area (Å²) in [7, 11) is 1.34. The molecule has 0 atom stereocenters. The molecule has 0 saturated carbocycles. The van der Waals surface area contributed by atoms with Crippen LogP contribution in [0.1, 0.15) is 16.1 Å². The van der Waals surface area contributed by atoms with Gasteiger partial charge in [0.25, 0.3) is 0 Å². The maximum Gasteiger partial charge on any atom is 0.374 e. The van der Waals surface area contributed by atoms with E-state index in [4.69, 9.17) is 4.42 Å². The van der Waals surface area contributed by atoms with Crippen LogP contribution < -0.4 is 0 Å². The average Bonchev–Trinajstić information content (AvgIpc) is 2.85. The number of rotatable bonds is 4. The molecule has 1 aromatic heterocycles. The van der Waals surface area contributed by atoms with Gasteiger partial charge in [-0.1, -0.05) is 12.1 Å². The normalized spacial score (nSPS) is 10.3. The third-order valence-electron chi connectivity index (χ3n) is 2.34. The molecule has 0 aliphatic heterocycles. The van der Waals surface area contributed by atoms with Crippen molar-refractivity contribution in [2.24, 2.45) is 0 Å². The van der Waals surface area contributed by atoms with Gasteiger partial charge in [0.05, 0.1) is 13.4 Å². The first-order valence-corrected chi connectivity index (χ1v) is 7.02. The minimum atomic E-state index is -0.442. The highest BCUT2D eigenvalue weighted by molar-refractivity contribution is 9.10. The first-order chi connectivity index (χ1) is 8.72. The van der Waals surface area contributed by atoms with Crippen LogP contribution in [0, 0.1) is 0 Å². The lowest BCUT2D eigenvalue weighted by molar-refractivity contribution is 0.0564. The third kappa shape index (κ3) is 2.97. The monoisotopic (exact) mass is 326 g/mol.